The lowest BCUT2D eigenvalue weighted by atomic mass is 9.77. The molecule has 4 heterocycles. The van der Waals surface area contributed by atoms with Gasteiger partial charge >= 0.3 is 0 Å². The topological polar surface area (TPSA) is 160 Å². The summed E-state index contributed by atoms with van der Waals surface area (Å²) in [7, 11) is -2.42. The van der Waals surface area contributed by atoms with Gasteiger partial charge in [-0.3, -0.25) is 24.0 Å². The molecule has 320 valence electrons. The molecule has 3 amide bonds. The molecular formula is C46H57N5O8S. The maximum absolute atomic E-state index is 15.1. The number of ether oxygens (including phenoxy) is 3. The standard InChI is InChI=1S/C46H57N5O8S/c1-8-30(9-2)46(6,44(54)49-60(55,56)32-21-22-32)48-41(52)36-25-31(28-51(36)42(53)34(45(3,4)5)26-39-43(59-39)50-23-14-11-15-24-50)58-38-27-35(29-17-12-10-13-18-29)47-40-33(38)19-16-20-37(40)57-7/h1,9-10,12-13,16-20,27,30-32,34,36,39,43H,2,11,14-15,21-26,28H2,3-7H3,(H,48,52)(H,49,54)/t30-,31+,34+,36-,39?,43?,46-/m0/s1. The third-order valence-electron chi connectivity index (χ3n) is 12.4. The summed E-state index contributed by atoms with van der Waals surface area (Å²) in [4.78, 5) is 52.6. The fourth-order valence-corrected chi connectivity index (χ4v) is 10.00. The Balaban J connectivity index is 1.23. The van der Waals surface area contributed by atoms with Crippen molar-refractivity contribution in [2.75, 3.05) is 26.7 Å². The maximum Gasteiger partial charge on any atom is 0.260 e. The van der Waals surface area contributed by atoms with Gasteiger partial charge in [0.25, 0.3) is 5.91 Å². The number of carbonyl (C=O) groups excluding carboxylic acids is 3. The minimum Gasteiger partial charge on any atom is -0.494 e. The van der Waals surface area contributed by atoms with Gasteiger partial charge in [0.15, 0.2) is 0 Å². The number of hydrogen-bond acceptors (Lipinski definition) is 10. The van der Waals surface area contributed by atoms with Crippen LogP contribution in [0, 0.1) is 29.6 Å². The van der Waals surface area contributed by atoms with E-state index in [4.69, 9.17) is 25.6 Å². The van der Waals surface area contributed by atoms with Gasteiger partial charge < -0.3 is 24.4 Å². The first-order valence-corrected chi connectivity index (χ1v) is 22.5. The molecular weight excluding hydrogens is 783 g/mol. The zero-order chi connectivity index (χ0) is 43.0. The fraction of sp³-hybridized carbons (Fsp3) is 0.522. The number of nitrogens with zero attached hydrogens (tertiary/aromatic N) is 3. The van der Waals surface area contributed by atoms with Crippen LogP contribution in [0.25, 0.3) is 22.2 Å². The lowest BCUT2D eigenvalue weighted by molar-refractivity contribution is -0.146. The number of methoxy groups -OCH3 is 1. The molecule has 3 aromatic rings. The summed E-state index contributed by atoms with van der Waals surface area (Å²) in [6.45, 7) is 13.2. The Morgan fingerprint density at radius 2 is 1.77 bits per heavy atom. The van der Waals surface area contributed by atoms with Crippen LogP contribution in [-0.4, -0.2) is 103 Å². The number of rotatable bonds is 15. The molecule has 4 aliphatic rings. The number of para-hydroxylation sites is 1. The zero-order valence-corrected chi connectivity index (χ0v) is 36.0. The molecule has 0 bridgehead atoms. The lowest BCUT2D eigenvalue weighted by Crippen LogP contribution is -2.64. The minimum absolute atomic E-state index is 0.0433. The van der Waals surface area contributed by atoms with Gasteiger partial charge in [-0.2, -0.15) is 0 Å². The van der Waals surface area contributed by atoms with Gasteiger partial charge in [-0.1, -0.05) is 75.6 Å². The summed E-state index contributed by atoms with van der Waals surface area (Å²) in [5, 5.41) is 2.80. The van der Waals surface area contributed by atoms with Crippen molar-refractivity contribution in [1.82, 2.24) is 24.8 Å². The van der Waals surface area contributed by atoms with Gasteiger partial charge in [-0.15, -0.1) is 13.0 Å². The van der Waals surface area contributed by atoms with Crippen LogP contribution in [0.15, 0.2) is 67.3 Å². The number of amides is 3. The number of benzene rings is 2. The van der Waals surface area contributed by atoms with E-state index in [1.807, 2.05) is 75.4 Å². The summed E-state index contributed by atoms with van der Waals surface area (Å²) < 4.78 is 46.8. The second kappa shape index (κ2) is 17.2. The Hall–Kier alpha value is -4.97. The van der Waals surface area contributed by atoms with Crippen molar-refractivity contribution < 1.29 is 37.0 Å². The Kier molecular flexibility index (Phi) is 12.4. The third-order valence-corrected chi connectivity index (χ3v) is 14.2. The fourth-order valence-electron chi connectivity index (χ4n) is 8.60. The van der Waals surface area contributed by atoms with Crippen molar-refractivity contribution >= 4 is 38.6 Å². The predicted molar refractivity (Wildman–Crippen MR) is 229 cm³/mol. The number of carbonyl (C=O) groups is 3. The number of pyridine rings is 1. The van der Waals surface area contributed by atoms with Crippen molar-refractivity contribution in [3.05, 3.63) is 67.3 Å². The number of likely N-dealkylation sites (tertiary alicyclic amines) is 2. The summed E-state index contributed by atoms with van der Waals surface area (Å²) in [6, 6.07) is 16.0. The normalized spacial score (nSPS) is 24.0. The smallest absolute Gasteiger partial charge is 0.260 e. The predicted octanol–water partition coefficient (Wildman–Crippen LogP) is 5.44. The SMILES string of the molecule is C#C[C@@H](C=C)[C@](C)(NC(=O)[C@@H]1C[C@@H](Oc2cc(-c3ccccc3)nc3c(OC)cccc23)CN1C(=O)[C@@H](CC1OC1N1CCCCC1)C(C)(C)C)C(=O)NS(=O)(=O)C1CC1. The van der Waals surface area contributed by atoms with E-state index in [9.17, 15) is 18.0 Å². The molecule has 13 nitrogen and oxygen atoms in total. The van der Waals surface area contributed by atoms with Gasteiger partial charge in [0.2, 0.25) is 21.8 Å². The highest BCUT2D eigenvalue weighted by Gasteiger charge is 2.52. The number of nitrogens with one attached hydrogen (secondary N) is 2. The average molecular weight is 840 g/mol. The first-order chi connectivity index (χ1) is 28.6. The van der Waals surface area contributed by atoms with Crippen LogP contribution in [0.4, 0.5) is 0 Å². The van der Waals surface area contributed by atoms with E-state index >= 15 is 4.79 Å². The number of fused-ring (bicyclic) bond motifs is 1. The number of terminal acetylenes is 1. The maximum atomic E-state index is 15.1. The quantitative estimate of drug-likeness (QED) is 0.115. The zero-order valence-electron chi connectivity index (χ0n) is 35.2. The third kappa shape index (κ3) is 9.04. The Labute approximate surface area is 353 Å². The van der Waals surface area contributed by atoms with E-state index in [1.54, 1.807) is 12.0 Å². The van der Waals surface area contributed by atoms with Gasteiger partial charge in [0, 0.05) is 42.4 Å². The molecule has 2 aromatic carbocycles. The molecule has 1 aromatic heterocycles. The molecule has 0 radical (unpaired) electrons. The second-order valence-corrected chi connectivity index (χ2v) is 19.7. The molecule has 1 saturated carbocycles. The molecule has 1 aliphatic carbocycles. The Morgan fingerprint density at radius 1 is 1.05 bits per heavy atom. The molecule has 3 saturated heterocycles. The number of piperidine rings is 1. The van der Waals surface area contributed by atoms with Crippen LogP contribution < -0.4 is 19.5 Å². The van der Waals surface area contributed by atoms with Gasteiger partial charge in [0.05, 0.1) is 30.5 Å². The van der Waals surface area contributed by atoms with Crippen molar-refractivity contribution in [3.8, 4) is 35.1 Å². The summed E-state index contributed by atoms with van der Waals surface area (Å²) in [6.07, 6.45) is 11.1. The van der Waals surface area contributed by atoms with Crippen molar-refractivity contribution in [1.29, 1.82) is 0 Å². The molecule has 7 rings (SSSR count). The van der Waals surface area contributed by atoms with Gasteiger partial charge in [-0.25, -0.2) is 13.4 Å². The molecule has 60 heavy (non-hydrogen) atoms. The van der Waals surface area contributed by atoms with Gasteiger partial charge in [0.1, 0.15) is 47.0 Å². The molecule has 14 heteroatoms. The lowest BCUT2D eigenvalue weighted by Gasteiger charge is -2.37. The highest BCUT2D eigenvalue weighted by Crippen LogP contribution is 2.42. The van der Waals surface area contributed by atoms with Crippen LogP contribution in [0.5, 0.6) is 11.5 Å². The average Bonchev–Trinajstić information content (AvgIpc) is 4.17. The Morgan fingerprint density at radius 3 is 2.40 bits per heavy atom. The van der Waals surface area contributed by atoms with Crippen LogP contribution in [0.3, 0.4) is 0 Å². The Bertz CT molecular complexity index is 2260. The van der Waals surface area contributed by atoms with Crippen LogP contribution in [-0.2, 0) is 29.1 Å². The van der Waals surface area contributed by atoms with Crippen LogP contribution in [0.1, 0.15) is 72.6 Å². The van der Waals surface area contributed by atoms with Crippen molar-refractivity contribution in [3.63, 3.8) is 0 Å². The van der Waals surface area contributed by atoms with E-state index in [2.05, 4.69) is 27.4 Å². The first-order valence-electron chi connectivity index (χ1n) is 20.9. The number of sulfonamides is 1. The number of hydrogen-bond donors (Lipinski definition) is 2. The molecule has 4 fully saturated rings. The highest BCUT2D eigenvalue weighted by atomic mass is 32.2. The van der Waals surface area contributed by atoms with Crippen LogP contribution >= 0.6 is 0 Å². The summed E-state index contributed by atoms with van der Waals surface area (Å²) in [5.41, 5.74) is -0.347. The largest absolute Gasteiger partial charge is 0.494 e. The highest BCUT2D eigenvalue weighted by molar-refractivity contribution is 7.91. The summed E-state index contributed by atoms with van der Waals surface area (Å²) >= 11 is 0. The molecule has 2 N–H and O–H groups in total. The van der Waals surface area contributed by atoms with Crippen molar-refractivity contribution in [2.24, 2.45) is 17.3 Å². The van der Waals surface area contributed by atoms with E-state index < -0.39 is 62.0 Å². The second-order valence-electron chi connectivity index (χ2n) is 17.8. The van der Waals surface area contributed by atoms with E-state index in [-0.39, 0.29) is 31.2 Å². The van der Waals surface area contributed by atoms with E-state index in [0.29, 0.717) is 47.4 Å². The first kappa shape index (κ1) is 43.1. The van der Waals surface area contributed by atoms with Crippen LogP contribution in [0.2, 0.25) is 0 Å². The monoisotopic (exact) mass is 839 g/mol. The molecule has 7 atom stereocenters. The van der Waals surface area contributed by atoms with E-state index in [0.717, 1.165) is 31.5 Å². The molecule has 3 aliphatic heterocycles. The number of epoxide rings is 1. The summed E-state index contributed by atoms with van der Waals surface area (Å²) in [5.74, 6) is 0.00871. The molecule has 0 spiro atoms. The minimum atomic E-state index is -4.00. The van der Waals surface area contributed by atoms with Crippen molar-refractivity contribution in [2.45, 2.75) is 108 Å². The molecule has 2 unspecified atom stereocenters. The van der Waals surface area contributed by atoms with Gasteiger partial charge in [-0.05, 0) is 56.6 Å². The van der Waals surface area contributed by atoms with E-state index in [1.165, 1.54) is 19.4 Å². The number of aromatic nitrogens is 1.